The van der Waals surface area contributed by atoms with E-state index in [0.29, 0.717) is 30.2 Å². The van der Waals surface area contributed by atoms with Gasteiger partial charge in [0.05, 0.1) is 30.6 Å². The van der Waals surface area contributed by atoms with Gasteiger partial charge in [0.1, 0.15) is 16.4 Å². The normalized spacial score (nSPS) is 11.5. The number of rotatable bonds is 7. The maximum Gasteiger partial charge on any atom is 0.265 e. The van der Waals surface area contributed by atoms with Crippen LogP contribution in [0.2, 0.25) is 0 Å². The van der Waals surface area contributed by atoms with Gasteiger partial charge in [0, 0.05) is 11.5 Å². The molecule has 0 spiro atoms. The van der Waals surface area contributed by atoms with Gasteiger partial charge in [-0.1, -0.05) is 12.1 Å². The average molecular weight is 375 g/mol. The van der Waals surface area contributed by atoms with Crippen molar-refractivity contribution in [1.29, 1.82) is 0 Å². The van der Waals surface area contributed by atoms with Crippen LogP contribution < -0.4 is 14.2 Å². The molecule has 26 heavy (non-hydrogen) atoms. The van der Waals surface area contributed by atoms with Gasteiger partial charge < -0.3 is 9.47 Å². The molecule has 0 unspecified atom stereocenters. The van der Waals surface area contributed by atoms with Crippen molar-refractivity contribution in [2.75, 3.05) is 17.9 Å². The van der Waals surface area contributed by atoms with Crippen LogP contribution >= 0.6 is 0 Å². The predicted octanol–water partition coefficient (Wildman–Crippen LogP) is 3.47. The number of aromatic amines is 1. The molecule has 3 rings (SSSR count). The number of nitrogens with zero attached hydrogens (tertiary/aromatic N) is 1. The summed E-state index contributed by atoms with van der Waals surface area (Å²) in [6.07, 6.45) is 1.64. The summed E-state index contributed by atoms with van der Waals surface area (Å²) in [5.74, 6) is 0.800. The van der Waals surface area contributed by atoms with Crippen molar-refractivity contribution >= 4 is 26.6 Å². The first-order valence-corrected chi connectivity index (χ1v) is 9.79. The number of hydrogen-bond donors (Lipinski definition) is 2. The van der Waals surface area contributed by atoms with Crippen LogP contribution in [-0.2, 0) is 10.0 Å². The largest absolute Gasteiger partial charge is 0.494 e. The van der Waals surface area contributed by atoms with Crippen LogP contribution in [0.3, 0.4) is 0 Å². The lowest BCUT2D eigenvalue weighted by Gasteiger charge is -2.16. The topological polar surface area (TPSA) is 93.3 Å². The number of nitrogens with one attached hydrogen (secondary N) is 2. The highest BCUT2D eigenvalue weighted by molar-refractivity contribution is 7.92. The third-order valence-corrected chi connectivity index (χ3v) is 5.24. The van der Waals surface area contributed by atoms with Crippen LogP contribution in [-0.4, -0.2) is 31.8 Å². The van der Waals surface area contributed by atoms with Gasteiger partial charge in [-0.15, -0.1) is 0 Å². The Kier molecular flexibility index (Phi) is 5.03. The Balaban J connectivity index is 2.07. The third-order valence-electron chi connectivity index (χ3n) is 3.85. The minimum absolute atomic E-state index is 0.0323. The number of fused-ring (bicyclic) bond motifs is 1. The summed E-state index contributed by atoms with van der Waals surface area (Å²) in [6.45, 7) is 6.30. The van der Waals surface area contributed by atoms with E-state index in [1.54, 1.807) is 31.3 Å². The quantitative estimate of drug-likeness (QED) is 0.659. The van der Waals surface area contributed by atoms with Gasteiger partial charge in [-0.05, 0) is 38.5 Å². The second-order valence-corrected chi connectivity index (χ2v) is 7.33. The fraction of sp³-hybridized carbons (Fsp3) is 0.278. The highest BCUT2D eigenvalue weighted by Crippen LogP contribution is 2.34. The molecule has 1 aromatic heterocycles. The molecule has 0 saturated carbocycles. The Labute approximate surface area is 152 Å². The molecule has 0 fully saturated rings. The fourth-order valence-corrected chi connectivity index (χ4v) is 3.90. The average Bonchev–Trinajstić information content (AvgIpc) is 3.07. The van der Waals surface area contributed by atoms with Crippen LogP contribution in [0.25, 0.3) is 10.9 Å². The van der Waals surface area contributed by atoms with E-state index in [9.17, 15) is 8.42 Å². The fourth-order valence-electron chi connectivity index (χ4n) is 2.69. The number of para-hydroxylation sites is 1. The maximum atomic E-state index is 13.0. The van der Waals surface area contributed by atoms with Gasteiger partial charge in [-0.2, -0.15) is 5.10 Å². The summed E-state index contributed by atoms with van der Waals surface area (Å²) in [5, 5.41) is 7.58. The highest BCUT2D eigenvalue weighted by Gasteiger charge is 2.23. The molecule has 0 aliphatic carbocycles. The van der Waals surface area contributed by atoms with E-state index >= 15 is 0 Å². The van der Waals surface area contributed by atoms with Crippen LogP contribution in [0.5, 0.6) is 11.5 Å². The smallest absolute Gasteiger partial charge is 0.265 e. The summed E-state index contributed by atoms with van der Waals surface area (Å²) >= 11 is 0. The Morgan fingerprint density at radius 2 is 1.85 bits per heavy atom. The molecular weight excluding hydrogens is 354 g/mol. The molecule has 0 bridgehead atoms. The Morgan fingerprint density at radius 3 is 2.58 bits per heavy atom. The zero-order chi connectivity index (χ0) is 18.7. The predicted molar refractivity (Wildman–Crippen MR) is 100 cm³/mol. The second kappa shape index (κ2) is 7.25. The SMILES string of the molecule is CCOc1cc(S(=O)(=O)Nc2cccc3cn[nH]c23)c(OCC)cc1C. The summed E-state index contributed by atoms with van der Waals surface area (Å²) in [6, 6.07) is 8.47. The van der Waals surface area contributed by atoms with Crippen molar-refractivity contribution in [3.63, 3.8) is 0 Å². The molecule has 0 aliphatic rings. The summed E-state index contributed by atoms with van der Waals surface area (Å²) in [5.41, 5.74) is 1.84. The highest BCUT2D eigenvalue weighted by atomic mass is 32.2. The number of sulfonamides is 1. The standard InChI is InChI=1S/C18H21N3O4S/c1-4-24-15-10-17(16(25-5-2)9-12(15)3)26(22,23)21-14-8-6-7-13-11-19-20-18(13)14/h6-11,21H,4-5H2,1-3H3,(H,19,20). The van der Waals surface area contributed by atoms with E-state index in [4.69, 9.17) is 9.47 Å². The first-order valence-electron chi connectivity index (χ1n) is 8.31. The second-order valence-electron chi connectivity index (χ2n) is 5.68. The lowest BCUT2D eigenvalue weighted by Crippen LogP contribution is -2.15. The van der Waals surface area contributed by atoms with Gasteiger partial charge >= 0.3 is 0 Å². The van der Waals surface area contributed by atoms with Crippen LogP contribution in [0.4, 0.5) is 5.69 Å². The van der Waals surface area contributed by atoms with E-state index in [0.717, 1.165) is 10.9 Å². The Hall–Kier alpha value is -2.74. The minimum Gasteiger partial charge on any atom is -0.494 e. The zero-order valence-electron chi connectivity index (χ0n) is 14.9. The molecule has 0 amide bonds. The summed E-state index contributed by atoms with van der Waals surface area (Å²) < 4.78 is 39.8. The van der Waals surface area contributed by atoms with E-state index in [1.807, 2.05) is 19.9 Å². The number of benzene rings is 2. The summed E-state index contributed by atoms with van der Waals surface area (Å²) in [4.78, 5) is 0.0323. The van der Waals surface area contributed by atoms with Crippen molar-refractivity contribution in [2.24, 2.45) is 0 Å². The number of aryl methyl sites for hydroxylation is 1. The number of aromatic nitrogens is 2. The van der Waals surface area contributed by atoms with Gasteiger partial charge in [-0.25, -0.2) is 8.42 Å². The van der Waals surface area contributed by atoms with Crippen LogP contribution in [0, 0.1) is 6.92 Å². The molecule has 0 atom stereocenters. The molecule has 0 saturated heterocycles. The van der Waals surface area contributed by atoms with Crippen LogP contribution in [0.15, 0.2) is 41.4 Å². The molecule has 2 N–H and O–H groups in total. The lowest BCUT2D eigenvalue weighted by molar-refractivity contribution is 0.321. The van der Waals surface area contributed by atoms with Crippen molar-refractivity contribution in [3.05, 3.63) is 42.1 Å². The monoisotopic (exact) mass is 375 g/mol. The zero-order valence-corrected chi connectivity index (χ0v) is 15.7. The Morgan fingerprint density at radius 1 is 1.12 bits per heavy atom. The number of H-pyrrole nitrogens is 1. The van der Waals surface area contributed by atoms with Crippen molar-refractivity contribution in [1.82, 2.24) is 10.2 Å². The first kappa shape index (κ1) is 18.1. The van der Waals surface area contributed by atoms with E-state index in [2.05, 4.69) is 14.9 Å². The molecule has 3 aromatic rings. The molecule has 2 aromatic carbocycles. The van der Waals surface area contributed by atoms with Crippen LogP contribution in [0.1, 0.15) is 19.4 Å². The van der Waals surface area contributed by atoms with Crippen molar-refractivity contribution < 1.29 is 17.9 Å². The first-order chi connectivity index (χ1) is 12.5. The van der Waals surface area contributed by atoms with Gasteiger partial charge in [0.15, 0.2) is 0 Å². The van der Waals surface area contributed by atoms with Gasteiger partial charge in [-0.3, -0.25) is 9.82 Å². The molecule has 0 radical (unpaired) electrons. The molecule has 7 nitrogen and oxygen atoms in total. The van der Waals surface area contributed by atoms with Crippen molar-refractivity contribution in [2.45, 2.75) is 25.7 Å². The number of ether oxygens (including phenoxy) is 2. The molecule has 138 valence electrons. The third kappa shape index (κ3) is 3.45. The van der Waals surface area contributed by atoms with E-state index in [1.165, 1.54) is 6.07 Å². The minimum atomic E-state index is -3.90. The number of hydrogen-bond acceptors (Lipinski definition) is 5. The van der Waals surface area contributed by atoms with E-state index < -0.39 is 10.0 Å². The Bertz CT molecular complexity index is 1030. The van der Waals surface area contributed by atoms with E-state index in [-0.39, 0.29) is 10.6 Å². The molecule has 8 heteroatoms. The molecular formula is C18H21N3O4S. The lowest BCUT2D eigenvalue weighted by atomic mass is 10.2. The maximum absolute atomic E-state index is 13.0. The van der Waals surface area contributed by atoms with Gasteiger partial charge in [0.25, 0.3) is 10.0 Å². The molecule has 0 aliphatic heterocycles. The summed E-state index contributed by atoms with van der Waals surface area (Å²) in [7, 11) is -3.90. The van der Waals surface area contributed by atoms with Gasteiger partial charge in [0.2, 0.25) is 0 Å². The van der Waals surface area contributed by atoms with Crippen molar-refractivity contribution in [3.8, 4) is 11.5 Å². The number of anilines is 1. The molecule has 1 heterocycles.